The summed E-state index contributed by atoms with van der Waals surface area (Å²) in [5, 5.41) is 0.860. The van der Waals surface area contributed by atoms with Crippen molar-refractivity contribution in [2.24, 2.45) is 0 Å². The Morgan fingerprint density at radius 1 is 0.893 bits per heavy atom. The molecule has 2 aromatic heterocycles. The van der Waals surface area contributed by atoms with Crippen molar-refractivity contribution in [3.05, 3.63) is 29.2 Å². The predicted molar refractivity (Wildman–Crippen MR) is 113 cm³/mol. The molecular weight excluding hydrogens is 372 g/mol. The number of rotatable bonds is 4. The van der Waals surface area contributed by atoms with Crippen LogP contribution in [0.5, 0.6) is 0 Å². The molecular formula is C20H28N6OS. The average molecular weight is 401 g/mol. The minimum Gasteiger partial charge on any atom is -0.381 e. The maximum atomic E-state index is 5.52. The van der Waals surface area contributed by atoms with E-state index < -0.39 is 0 Å². The van der Waals surface area contributed by atoms with Crippen LogP contribution in [0.3, 0.4) is 0 Å². The van der Waals surface area contributed by atoms with Gasteiger partial charge in [-0.1, -0.05) is 11.8 Å². The van der Waals surface area contributed by atoms with Crippen molar-refractivity contribution in [3.63, 3.8) is 0 Å². The van der Waals surface area contributed by atoms with Gasteiger partial charge in [-0.25, -0.2) is 19.9 Å². The smallest absolute Gasteiger partial charge is 0.225 e. The first-order valence-corrected chi connectivity index (χ1v) is 11.2. The van der Waals surface area contributed by atoms with Crippen molar-refractivity contribution in [1.29, 1.82) is 0 Å². The zero-order chi connectivity index (χ0) is 19.5. The van der Waals surface area contributed by atoms with E-state index in [0.29, 0.717) is 5.92 Å². The molecule has 0 radical (unpaired) electrons. The molecule has 0 aromatic carbocycles. The number of ether oxygens (including phenoxy) is 1. The summed E-state index contributed by atoms with van der Waals surface area (Å²) in [5.74, 6) is 2.36. The number of hydrogen-bond acceptors (Lipinski definition) is 8. The lowest BCUT2D eigenvalue weighted by Gasteiger charge is -2.36. The number of thioether (sulfide) groups is 1. The largest absolute Gasteiger partial charge is 0.381 e. The van der Waals surface area contributed by atoms with Gasteiger partial charge in [-0.2, -0.15) is 0 Å². The molecule has 4 heterocycles. The standard InChI is InChI=1S/C20H28N6OS/c1-14-12-15(2)22-19(21-14)26-8-6-25(7-9-26)18-13-17(23-20(24-18)28-3)16-4-10-27-11-5-16/h12-13,16H,4-11H2,1-3H3. The van der Waals surface area contributed by atoms with E-state index in [-0.39, 0.29) is 0 Å². The summed E-state index contributed by atoms with van der Waals surface area (Å²) in [6.07, 6.45) is 4.13. The van der Waals surface area contributed by atoms with Crippen molar-refractivity contribution in [1.82, 2.24) is 19.9 Å². The molecule has 0 amide bonds. The van der Waals surface area contributed by atoms with E-state index in [0.717, 1.165) is 86.2 Å². The second-order valence-corrected chi connectivity index (χ2v) is 8.22. The summed E-state index contributed by atoms with van der Waals surface area (Å²) in [5.41, 5.74) is 3.20. The molecule has 0 spiro atoms. The summed E-state index contributed by atoms with van der Waals surface area (Å²) in [4.78, 5) is 23.4. The molecule has 2 fully saturated rings. The molecule has 8 heteroatoms. The second-order valence-electron chi connectivity index (χ2n) is 7.45. The summed E-state index contributed by atoms with van der Waals surface area (Å²) < 4.78 is 5.52. The van der Waals surface area contributed by atoms with Gasteiger partial charge < -0.3 is 14.5 Å². The van der Waals surface area contributed by atoms with Crippen LogP contribution >= 0.6 is 11.8 Å². The fourth-order valence-corrected chi connectivity index (χ4v) is 4.25. The Hall–Kier alpha value is -1.93. The van der Waals surface area contributed by atoms with Gasteiger partial charge in [0.1, 0.15) is 5.82 Å². The molecule has 0 atom stereocenters. The first-order chi connectivity index (χ1) is 13.6. The van der Waals surface area contributed by atoms with Crippen molar-refractivity contribution >= 4 is 23.5 Å². The SMILES string of the molecule is CSc1nc(C2CCOCC2)cc(N2CCN(c3nc(C)cc(C)n3)CC2)n1. The molecule has 0 aliphatic carbocycles. The number of aromatic nitrogens is 4. The number of aryl methyl sites for hydroxylation is 2. The lowest BCUT2D eigenvalue weighted by molar-refractivity contribution is 0.0843. The molecule has 0 unspecified atom stereocenters. The van der Waals surface area contributed by atoms with Gasteiger partial charge in [0.2, 0.25) is 5.95 Å². The van der Waals surface area contributed by atoms with Crippen molar-refractivity contribution in [3.8, 4) is 0 Å². The van der Waals surface area contributed by atoms with Crippen molar-refractivity contribution < 1.29 is 4.74 Å². The van der Waals surface area contributed by atoms with Crippen LogP contribution in [0.4, 0.5) is 11.8 Å². The molecule has 2 aromatic rings. The molecule has 0 saturated carbocycles. The normalized spacial score (nSPS) is 18.5. The Bertz CT molecular complexity index is 798. The third kappa shape index (κ3) is 4.38. The molecule has 2 aliphatic rings. The molecule has 4 rings (SSSR count). The summed E-state index contributed by atoms with van der Waals surface area (Å²) in [6.45, 7) is 9.32. The van der Waals surface area contributed by atoms with E-state index in [1.54, 1.807) is 11.8 Å². The monoisotopic (exact) mass is 400 g/mol. The first kappa shape index (κ1) is 19.4. The van der Waals surface area contributed by atoms with Gasteiger partial charge >= 0.3 is 0 Å². The van der Waals surface area contributed by atoms with Crippen molar-refractivity contribution in [2.75, 3.05) is 55.4 Å². The molecule has 28 heavy (non-hydrogen) atoms. The molecule has 0 N–H and O–H groups in total. The topological polar surface area (TPSA) is 67.3 Å². The highest BCUT2D eigenvalue weighted by molar-refractivity contribution is 7.98. The summed E-state index contributed by atoms with van der Waals surface area (Å²) >= 11 is 1.62. The highest BCUT2D eigenvalue weighted by Gasteiger charge is 2.24. The zero-order valence-electron chi connectivity index (χ0n) is 16.9. The van der Waals surface area contributed by atoms with E-state index >= 15 is 0 Å². The van der Waals surface area contributed by atoms with E-state index in [1.165, 1.54) is 0 Å². The average Bonchev–Trinajstić information content (AvgIpc) is 2.73. The summed E-state index contributed by atoms with van der Waals surface area (Å²) in [6, 6.07) is 4.21. The van der Waals surface area contributed by atoms with Gasteiger partial charge in [-0.05, 0) is 39.0 Å². The van der Waals surface area contributed by atoms with Crippen LogP contribution in [-0.2, 0) is 4.74 Å². The highest BCUT2D eigenvalue weighted by Crippen LogP contribution is 2.29. The minimum absolute atomic E-state index is 0.478. The van der Waals surface area contributed by atoms with Gasteiger partial charge in [-0.15, -0.1) is 0 Å². The minimum atomic E-state index is 0.478. The molecule has 2 saturated heterocycles. The molecule has 7 nitrogen and oxygen atoms in total. The number of piperazine rings is 1. The second kappa shape index (κ2) is 8.61. The lowest BCUT2D eigenvalue weighted by atomic mass is 9.96. The maximum absolute atomic E-state index is 5.52. The van der Waals surface area contributed by atoms with Crippen LogP contribution in [-0.4, -0.2) is 65.6 Å². The van der Waals surface area contributed by atoms with Crippen LogP contribution in [0.1, 0.15) is 35.8 Å². The Balaban J connectivity index is 1.49. The number of nitrogens with zero attached hydrogens (tertiary/aromatic N) is 6. The third-order valence-corrected chi connectivity index (χ3v) is 5.94. The van der Waals surface area contributed by atoms with Crippen molar-refractivity contribution in [2.45, 2.75) is 37.8 Å². The highest BCUT2D eigenvalue weighted by atomic mass is 32.2. The van der Waals surface area contributed by atoms with E-state index in [4.69, 9.17) is 14.7 Å². The first-order valence-electron chi connectivity index (χ1n) is 9.95. The van der Waals surface area contributed by atoms with Gasteiger partial charge in [0.15, 0.2) is 5.16 Å². The maximum Gasteiger partial charge on any atom is 0.225 e. The number of hydrogen-bond donors (Lipinski definition) is 0. The van der Waals surface area contributed by atoms with E-state index in [9.17, 15) is 0 Å². The zero-order valence-corrected chi connectivity index (χ0v) is 17.7. The quantitative estimate of drug-likeness (QED) is 0.573. The van der Waals surface area contributed by atoms with Crippen LogP contribution in [0.2, 0.25) is 0 Å². The van der Waals surface area contributed by atoms with Gasteiger partial charge in [0.05, 0.1) is 5.69 Å². The van der Waals surface area contributed by atoms with Gasteiger partial charge in [0.25, 0.3) is 0 Å². The fourth-order valence-electron chi connectivity index (χ4n) is 3.87. The van der Waals surface area contributed by atoms with Crippen LogP contribution in [0.15, 0.2) is 17.3 Å². The third-order valence-electron chi connectivity index (χ3n) is 5.39. The predicted octanol–water partition coefficient (Wildman–Crippen LogP) is 2.83. The lowest BCUT2D eigenvalue weighted by Crippen LogP contribution is -2.47. The Morgan fingerprint density at radius 3 is 2.18 bits per heavy atom. The van der Waals surface area contributed by atoms with Crippen LogP contribution < -0.4 is 9.80 Å². The molecule has 2 aliphatic heterocycles. The van der Waals surface area contributed by atoms with E-state index in [1.807, 2.05) is 26.2 Å². The van der Waals surface area contributed by atoms with E-state index in [2.05, 4.69) is 25.8 Å². The Morgan fingerprint density at radius 2 is 1.54 bits per heavy atom. The van der Waals surface area contributed by atoms with Crippen LogP contribution in [0.25, 0.3) is 0 Å². The van der Waals surface area contributed by atoms with Gasteiger partial charge in [-0.3, -0.25) is 0 Å². The van der Waals surface area contributed by atoms with Crippen LogP contribution in [0, 0.1) is 13.8 Å². The number of anilines is 2. The molecule has 150 valence electrons. The summed E-state index contributed by atoms with van der Waals surface area (Å²) in [7, 11) is 0. The molecule has 0 bridgehead atoms. The Labute approximate surface area is 170 Å². The Kier molecular flexibility index (Phi) is 5.96. The fraction of sp³-hybridized carbons (Fsp3) is 0.600. The van der Waals surface area contributed by atoms with Gasteiger partial charge in [0, 0.05) is 62.8 Å².